The maximum Gasteiger partial charge on any atom is 0.340 e. The molecule has 1 atom stereocenters. The Morgan fingerprint density at radius 1 is 1.07 bits per heavy atom. The fourth-order valence-corrected chi connectivity index (χ4v) is 3.16. The van der Waals surface area contributed by atoms with Crippen molar-refractivity contribution < 1.29 is 14.3 Å². The molecular formula is C22H21N5O3. The van der Waals surface area contributed by atoms with Crippen molar-refractivity contribution in [2.75, 3.05) is 5.32 Å². The van der Waals surface area contributed by atoms with Crippen molar-refractivity contribution in [2.45, 2.75) is 32.9 Å². The first-order valence-corrected chi connectivity index (χ1v) is 9.63. The molecule has 8 nitrogen and oxygen atoms in total. The van der Waals surface area contributed by atoms with Crippen LogP contribution in [0.3, 0.4) is 0 Å². The number of benzene rings is 1. The first kappa shape index (κ1) is 19.5. The first-order chi connectivity index (χ1) is 14.4. The predicted octanol–water partition coefficient (Wildman–Crippen LogP) is 3.74. The highest BCUT2D eigenvalue weighted by Gasteiger charge is 2.21. The van der Waals surface area contributed by atoms with Gasteiger partial charge < -0.3 is 10.1 Å². The summed E-state index contributed by atoms with van der Waals surface area (Å²) in [5.74, 6) is -1.05. The Bertz CT molecular complexity index is 1240. The Balaban J connectivity index is 1.47. The minimum Gasteiger partial charge on any atom is -0.449 e. The number of pyridine rings is 2. The lowest BCUT2D eigenvalue weighted by Crippen LogP contribution is -2.30. The Morgan fingerprint density at radius 2 is 1.90 bits per heavy atom. The second kappa shape index (κ2) is 7.90. The van der Waals surface area contributed by atoms with Gasteiger partial charge in [0.25, 0.3) is 5.91 Å². The molecule has 0 spiro atoms. The van der Waals surface area contributed by atoms with Gasteiger partial charge in [0.15, 0.2) is 11.8 Å². The van der Waals surface area contributed by atoms with E-state index >= 15 is 0 Å². The number of carbonyl (C=O) groups is 2. The van der Waals surface area contributed by atoms with Gasteiger partial charge in [-0.05, 0) is 51.1 Å². The van der Waals surface area contributed by atoms with Gasteiger partial charge in [-0.1, -0.05) is 6.07 Å². The zero-order valence-corrected chi connectivity index (χ0v) is 16.9. The van der Waals surface area contributed by atoms with Crippen molar-refractivity contribution in [1.82, 2.24) is 19.7 Å². The third kappa shape index (κ3) is 3.71. The summed E-state index contributed by atoms with van der Waals surface area (Å²) in [6, 6.07) is 10.9. The normalized spacial score (nSPS) is 12.3. The average Bonchev–Trinajstić information content (AvgIpc) is 3.17. The number of fused-ring (bicyclic) bond motifs is 2. The van der Waals surface area contributed by atoms with E-state index < -0.39 is 18.0 Å². The van der Waals surface area contributed by atoms with E-state index in [1.807, 2.05) is 26.0 Å². The maximum absolute atomic E-state index is 12.6. The van der Waals surface area contributed by atoms with Crippen LogP contribution in [0.2, 0.25) is 0 Å². The molecule has 8 heteroatoms. The lowest BCUT2D eigenvalue weighted by atomic mass is 10.2. The minimum absolute atomic E-state index is 0.154. The van der Waals surface area contributed by atoms with Gasteiger partial charge in [-0.25, -0.2) is 14.5 Å². The number of carbonyl (C=O) groups excluding carboxylic acids is 2. The molecule has 0 saturated carbocycles. The van der Waals surface area contributed by atoms with Crippen molar-refractivity contribution in [1.29, 1.82) is 0 Å². The molecule has 1 amide bonds. The molecule has 1 unspecified atom stereocenters. The minimum atomic E-state index is -0.987. The van der Waals surface area contributed by atoms with Gasteiger partial charge in [-0.3, -0.25) is 9.78 Å². The van der Waals surface area contributed by atoms with Crippen LogP contribution in [0.4, 0.5) is 5.69 Å². The fourth-order valence-electron chi connectivity index (χ4n) is 3.16. The van der Waals surface area contributed by atoms with Crippen LogP contribution in [0.15, 0.2) is 55.0 Å². The molecule has 0 bridgehead atoms. The van der Waals surface area contributed by atoms with Crippen LogP contribution < -0.4 is 5.32 Å². The monoisotopic (exact) mass is 403 g/mol. The largest absolute Gasteiger partial charge is 0.449 e. The highest BCUT2D eigenvalue weighted by atomic mass is 16.5. The standard InChI is InChI=1S/C22H21N5O3/c1-13(2)27-20-15(12-25-27)10-16(11-24-20)22(29)30-14(3)21(28)26-19-8-4-7-18-17(19)6-5-9-23-18/h4-14H,1-3H3,(H,26,28). The van der Waals surface area contributed by atoms with E-state index in [9.17, 15) is 9.59 Å². The van der Waals surface area contributed by atoms with Crippen molar-refractivity contribution in [3.8, 4) is 0 Å². The van der Waals surface area contributed by atoms with Crippen LogP contribution in [0.1, 0.15) is 37.2 Å². The highest BCUT2D eigenvalue weighted by Crippen LogP contribution is 2.22. The summed E-state index contributed by atoms with van der Waals surface area (Å²) in [5, 5.41) is 8.63. The summed E-state index contributed by atoms with van der Waals surface area (Å²) >= 11 is 0. The third-order valence-corrected chi connectivity index (χ3v) is 4.71. The molecule has 0 aliphatic rings. The van der Waals surface area contributed by atoms with E-state index in [0.717, 1.165) is 16.3 Å². The number of anilines is 1. The number of hydrogen-bond donors (Lipinski definition) is 1. The molecule has 3 heterocycles. The summed E-state index contributed by atoms with van der Waals surface area (Å²) in [7, 11) is 0. The number of aromatic nitrogens is 4. The number of nitrogens with one attached hydrogen (secondary N) is 1. The molecule has 3 aromatic heterocycles. The molecule has 30 heavy (non-hydrogen) atoms. The number of ether oxygens (including phenoxy) is 1. The van der Waals surface area contributed by atoms with Crippen molar-refractivity contribution in [2.24, 2.45) is 0 Å². The van der Waals surface area contributed by atoms with Gasteiger partial charge in [0, 0.05) is 29.2 Å². The van der Waals surface area contributed by atoms with Crippen molar-refractivity contribution in [3.63, 3.8) is 0 Å². The number of amides is 1. The molecule has 0 fully saturated rings. The summed E-state index contributed by atoms with van der Waals surface area (Å²) in [4.78, 5) is 33.7. The number of nitrogens with zero attached hydrogens (tertiary/aromatic N) is 4. The van der Waals surface area contributed by atoms with Crippen molar-refractivity contribution >= 4 is 39.5 Å². The number of hydrogen-bond acceptors (Lipinski definition) is 6. The lowest BCUT2D eigenvalue weighted by molar-refractivity contribution is -0.123. The van der Waals surface area contributed by atoms with Crippen LogP contribution >= 0.6 is 0 Å². The van der Waals surface area contributed by atoms with E-state index in [1.165, 1.54) is 13.1 Å². The number of esters is 1. The third-order valence-electron chi connectivity index (χ3n) is 4.71. The van der Waals surface area contributed by atoms with Gasteiger partial charge in [0.2, 0.25) is 0 Å². The Kier molecular flexibility index (Phi) is 5.14. The summed E-state index contributed by atoms with van der Waals surface area (Å²) in [6.45, 7) is 5.53. The topological polar surface area (TPSA) is 99.0 Å². The maximum atomic E-state index is 12.6. The molecule has 0 aliphatic heterocycles. The van der Waals surface area contributed by atoms with Gasteiger partial charge in [-0.2, -0.15) is 5.10 Å². The van der Waals surface area contributed by atoms with Crippen LogP contribution in [-0.4, -0.2) is 37.7 Å². The lowest BCUT2D eigenvalue weighted by Gasteiger charge is -2.14. The molecule has 4 aromatic rings. The van der Waals surface area contributed by atoms with Gasteiger partial charge in [0.05, 0.1) is 23.0 Å². The summed E-state index contributed by atoms with van der Waals surface area (Å²) in [6.07, 6.45) is 3.79. The number of rotatable bonds is 5. The molecule has 4 rings (SSSR count). The Morgan fingerprint density at radius 3 is 2.70 bits per heavy atom. The molecule has 152 valence electrons. The fraction of sp³-hybridized carbons (Fsp3) is 0.227. The zero-order valence-electron chi connectivity index (χ0n) is 16.9. The quantitative estimate of drug-likeness (QED) is 0.510. The van der Waals surface area contributed by atoms with Gasteiger partial charge in [-0.15, -0.1) is 0 Å². The second-order valence-electron chi connectivity index (χ2n) is 7.23. The van der Waals surface area contributed by atoms with Gasteiger partial charge in [0.1, 0.15) is 0 Å². The highest BCUT2D eigenvalue weighted by molar-refractivity contribution is 6.03. The van der Waals surface area contributed by atoms with E-state index in [1.54, 1.807) is 41.3 Å². The predicted molar refractivity (Wildman–Crippen MR) is 113 cm³/mol. The van der Waals surface area contributed by atoms with Crippen LogP contribution in [0.5, 0.6) is 0 Å². The smallest absolute Gasteiger partial charge is 0.340 e. The van der Waals surface area contributed by atoms with Crippen molar-refractivity contribution in [3.05, 3.63) is 60.6 Å². The molecular weight excluding hydrogens is 382 g/mol. The summed E-state index contributed by atoms with van der Waals surface area (Å²) < 4.78 is 7.13. The first-order valence-electron chi connectivity index (χ1n) is 9.63. The van der Waals surface area contributed by atoms with Crippen LogP contribution in [0.25, 0.3) is 21.9 Å². The Hall–Kier alpha value is -3.81. The molecule has 0 radical (unpaired) electrons. The molecule has 0 saturated heterocycles. The average molecular weight is 403 g/mol. The molecule has 0 aliphatic carbocycles. The van der Waals surface area contributed by atoms with Gasteiger partial charge >= 0.3 is 5.97 Å². The van der Waals surface area contributed by atoms with E-state index in [0.29, 0.717) is 11.3 Å². The zero-order chi connectivity index (χ0) is 21.3. The van der Waals surface area contributed by atoms with Crippen LogP contribution in [0, 0.1) is 0 Å². The second-order valence-corrected chi connectivity index (χ2v) is 7.23. The van der Waals surface area contributed by atoms with Crippen LogP contribution in [-0.2, 0) is 9.53 Å². The molecule has 1 N–H and O–H groups in total. The molecule has 1 aromatic carbocycles. The SMILES string of the molecule is CC(OC(=O)c1cnc2c(cnn2C(C)C)c1)C(=O)Nc1cccc2ncccc12. The van der Waals surface area contributed by atoms with E-state index in [2.05, 4.69) is 20.4 Å². The summed E-state index contributed by atoms with van der Waals surface area (Å²) in [5.41, 5.74) is 2.33. The van der Waals surface area contributed by atoms with E-state index in [-0.39, 0.29) is 11.6 Å². The van der Waals surface area contributed by atoms with E-state index in [4.69, 9.17) is 4.74 Å². The Labute approximate surface area is 172 Å².